The number of methoxy groups -OCH3 is 3. The first-order chi connectivity index (χ1) is 11.6. The summed E-state index contributed by atoms with van der Waals surface area (Å²) in [6, 6.07) is 12.5. The Bertz CT molecular complexity index is 660. The molecule has 5 nitrogen and oxygen atoms in total. The fraction of sp³-hybridized carbons (Fsp3) is 0.316. The molecule has 0 saturated carbocycles. The van der Waals surface area contributed by atoms with Gasteiger partial charge in [-0.15, -0.1) is 0 Å². The molecule has 0 spiro atoms. The Hall–Kier alpha value is -2.69. The van der Waals surface area contributed by atoms with E-state index in [2.05, 4.69) is 5.32 Å². The summed E-state index contributed by atoms with van der Waals surface area (Å²) in [7, 11) is 4.76. The van der Waals surface area contributed by atoms with E-state index in [-0.39, 0.29) is 11.9 Å². The number of nitrogens with one attached hydrogen (secondary N) is 1. The summed E-state index contributed by atoms with van der Waals surface area (Å²) < 4.78 is 16.2. The normalized spacial score (nSPS) is 11.5. The van der Waals surface area contributed by atoms with Gasteiger partial charge in [0.25, 0.3) is 5.91 Å². The second kappa shape index (κ2) is 8.24. The second-order valence-electron chi connectivity index (χ2n) is 5.25. The zero-order valence-corrected chi connectivity index (χ0v) is 14.5. The summed E-state index contributed by atoms with van der Waals surface area (Å²) in [5.41, 5.74) is 1.41. The molecule has 0 aliphatic rings. The molecule has 24 heavy (non-hydrogen) atoms. The van der Waals surface area contributed by atoms with Crippen LogP contribution in [0, 0.1) is 0 Å². The van der Waals surface area contributed by atoms with Crippen LogP contribution < -0.4 is 19.5 Å². The van der Waals surface area contributed by atoms with E-state index in [9.17, 15) is 4.79 Å². The molecule has 1 atom stereocenters. The molecule has 0 saturated heterocycles. The van der Waals surface area contributed by atoms with E-state index < -0.39 is 0 Å². The molecule has 1 N–H and O–H groups in total. The van der Waals surface area contributed by atoms with Crippen LogP contribution in [0.2, 0.25) is 0 Å². The molecule has 0 fully saturated rings. The quantitative estimate of drug-likeness (QED) is 0.843. The Balaban J connectivity index is 2.37. The highest BCUT2D eigenvalue weighted by molar-refractivity contribution is 5.94. The number of carbonyl (C=O) groups is 1. The lowest BCUT2D eigenvalue weighted by atomic mass is 10.0. The van der Waals surface area contributed by atoms with Crippen molar-refractivity contribution in [3.63, 3.8) is 0 Å². The molecule has 0 aromatic heterocycles. The maximum Gasteiger partial charge on any atom is 0.251 e. The third-order valence-corrected chi connectivity index (χ3v) is 3.85. The zero-order valence-electron chi connectivity index (χ0n) is 14.5. The van der Waals surface area contributed by atoms with Crippen molar-refractivity contribution in [1.82, 2.24) is 5.32 Å². The van der Waals surface area contributed by atoms with Crippen molar-refractivity contribution in [3.8, 4) is 17.2 Å². The van der Waals surface area contributed by atoms with Crippen LogP contribution in [0.1, 0.15) is 35.3 Å². The van der Waals surface area contributed by atoms with Crippen LogP contribution in [0.25, 0.3) is 0 Å². The topological polar surface area (TPSA) is 56.8 Å². The van der Waals surface area contributed by atoms with Gasteiger partial charge in [-0.2, -0.15) is 0 Å². The van der Waals surface area contributed by atoms with E-state index in [1.54, 1.807) is 45.6 Å². The lowest BCUT2D eigenvalue weighted by Crippen LogP contribution is -2.28. The average Bonchev–Trinajstić information content (AvgIpc) is 2.65. The minimum atomic E-state index is -0.242. The average molecular weight is 329 g/mol. The van der Waals surface area contributed by atoms with Crippen LogP contribution in [0.3, 0.4) is 0 Å². The van der Waals surface area contributed by atoms with Crippen LogP contribution in [0.5, 0.6) is 17.2 Å². The van der Waals surface area contributed by atoms with E-state index in [4.69, 9.17) is 14.2 Å². The van der Waals surface area contributed by atoms with Crippen molar-refractivity contribution in [2.45, 2.75) is 19.4 Å². The van der Waals surface area contributed by atoms with Crippen LogP contribution in [-0.2, 0) is 0 Å². The standard InChI is InChI=1S/C19H23NO4/c1-5-15(20-19(21)13-9-7-6-8-10-13)18-16(23-3)11-14(22-2)12-17(18)24-4/h6-12,15H,5H2,1-4H3,(H,20,21). The predicted molar refractivity (Wildman–Crippen MR) is 93.0 cm³/mol. The number of carbonyl (C=O) groups excluding carboxylic acids is 1. The van der Waals surface area contributed by atoms with E-state index in [1.807, 2.05) is 25.1 Å². The minimum absolute atomic E-state index is 0.137. The van der Waals surface area contributed by atoms with Crippen LogP contribution in [0.15, 0.2) is 42.5 Å². The monoisotopic (exact) mass is 329 g/mol. The van der Waals surface area contributed by atoms with Gasteiger partial charge < -0.3 is 19.5 Å². The van der Waals surface area contributed by atoms with Gasteiger partial charge in [-0.1, -0.05) is 25.1 Å². The molecule has 0 radical (unpaired) electrons. The van der Waals surface area contributed by atoms with E-state index in [0.717, 1.165) is 5.56 Å². The number of hydrogen-bond acceptors (Lipinski definition) is 4. The van der Waals surface area contributed by atoms with Crippen molar-refractivity contribution in [2.24, 2.45) is 0 Å². The molecule has 2 aromatic carbocycles. The van der Waals surface area contributed by atoms with Crippen molar-refractivity contribution < 1.29 is 19.0 Å². The Morgan fingerprint density at radius 2 is 1.58 bits per heavy atom. The molecule has 1 amide bonds. The number of rotatable bonds is 7. The molecule has 0 bridgehead atoms. The zero-order chi connectivity index (χ0) is 17.5. The van der Waals surface area contributed by atoms with Crippen LogP contribution in [0.4, 0.5) is 0 Å². The summed E-state index contributed by atoms with van der Waals surface area (Å²) in [6.45, 7) is 2.00. The van der Waals surface area contributed by atoms with Gasteiger partial charge in [-0.05, 0) is 18.6 Å². The predicted octanol–water partition coefficient (Wildman–Crippen LogP) is 3.59. The second-order valence-corrected chi connectivity index (χ2v) is 5.25. The van der Waals surface area contributed by atoms with E-state index >= 15 is 0 Å². The Labute approximate surface area is 142 Å². The van der Waals surface area contributed by atoms with Crippen molar-refractivity contribution in [1.29, 1.82) is 0 Å². The van der Waals surface area contributed by atoms with Gasteiger partial charge in [-0.25, -0.2) is 0 Å². The maximum atomic E-state index is 12.5. The maximum absolute atomic E-state index is 12.5. The SMILES string of the molecule is CCC(NC(=O)c1ccccc1)c1c(OC)cc(OC)cc1OC. The Kier molecular flexibility index (Phi) is 6.07. The summed E-state index contributed by atoms with van der Waals surface area (Å²) in [5, 5.41) is 3.05. The summed E-state index contributed by atoms with van der Waals surface area (Å²) in [6.07, 6.45) is 0.692. The van der Waals surface area contributed by atoms with Gasteiger partial charge in [-0.3, -0.25) is 4.79 Å². The fourth-order valence-electron chi connectivity index (χ4n) is 2.59. The molecular formula is C19H23NO4. The van der Waals surface area contributed by atoms with Gasteiger partial charge >= 0.3 is 0 Å². The van der Waals surface area contributed by atoms with Gasteiger partial charge in [0.05, 0.1) is 32.9 Å². The van der Waals surface area contributed by atoms with Gasteiger partial charge in [0.2, 0.25) is 0 Å². The van der Waals surface area contributed by atoms with Crippen molar-refractivity contribution >= 4 is 5.91 Å². The number of hydrogen-bond donors (Lipinski definition) is 1. The molecule has 1 unspecified atom stereocenters. The molecular weight excluding hydrogens is 306 g/mol. The first kappa shape index (κ1) is 17.7. The third kappa shape index (κ3) is 3.79. The molecule has 5 heteroatoms. The first-order valence-electron chi connectivity index (χ1n) is 7.80. The number of amides is 1. The molecule has 0 aliphatic carbocycles. The van der Waals surface area contributed by atoms with Crippen LogP contribution >= 0.6 is 0 Å². The number of ether oxygens (including phenoxy) is 3. The van der Waals surface area contributed by atoms with Crippen LogP contribution in [-0.4, -0.2) is 27.2 Å². The Morgan fingerprint density at radius 1 is 1.00 bits per heavy atom. The molecule has 0 aliphatic heterocycles. The summed E-state index contributed by atoms with van der Waals surface area (Å²) in [4.78, 5) is 12.5. The third-order valence-electron chi connectivity index (χ3n) is 3.85. The number of benzene rings is 2. The van der Waals surface area contributed by atoms with E-state index in [0.29, 0.717) is 29.2 Å². The van der Waals surface area contributed by atoms with E-state index in [1.165, 1.54) is 0 Å². The highest BCUT2D eigenvalue weighted by Crippen LogP contribution is 2.39. The molecule has 2 aromatic rings. The van der Waals surface area contributed by atoms with Gasteiger partial charge in [0, 0.05) is 17.7 Å². The van der Waals surface area contributed by atoms with Crippen molar-refractivity contribution in [3.05, 3.63) is 53.6 Å². The Morgan fingerprint density at radius 3 is 2.04 bits per heavy atom. The highest BCUT2D eigenvalue weighted by atomic mass is 16.5. The van der Waals surface area contributed by atoms with Gasteiger partial charge in [0.15, 0.2) is 0 Å². The van der Waals surface area contributed by atoms with Crippen molar-refractivity contribution in [2.75, 3.05) is 21.3 Å². The molecule has 0 heterocycles. The minimum Gasteiger partial charge on any atom is -0.496 e. The van der Waals surface area contributed by atoms with Gasteiger partial charge in [0.1, 0.15) is 17.2 Å². The molecule has 128 valence electrons. The lowest BCUT2D eigenvalue weighted by Gasteiger charge is -2.23. The largest absolute Gasteiger partial charge is 0.496 e. The smallest absolute Gasteiger partial charge is 0.251 e. The lowest BCUT2D eigenvalue weighted by molar-refractivity contribution is 0.0934. The molecule has 2 rings (SSSR count). The summed E-state index contributed by atoms with van der Waals surface area (Å²) in [5.74, 6) is 1.73. The first-order valence-corrected chi connectivity index (χ1v) is 7.80. The highest BCUT2D eigenvalue weighted by Gasteiger charge is 2.23. The summed E-state index contributed by atoms with van der Waals surface area (Å²) >= 11 is 0. The fourth-order valence-corrected chi connectivity index (χ4v) is 2.59.